The van der Waals surface area contributed by atoms with Crippen LogP contribution in [0.15, 0.2) is 47.4 Å². The molecule has 5 nitrogen and oxygen atoms in total. The highest BCUT2D eigenvalue weighted by atomic mass is 32.2. The average molecular weight is 397 g/mol. The molecule has 146 valence electrons. The first-order valence-corrected chi connectivity index (χ1v) is 10.5. The van der Waals surface area contributed by atoms with Gasteiger partial charge < -0.3 is 10.1 Å². The number of ether oxygens (including phenoxy) is 1. The lowest BCUT2D eigenvalue weighted by Gasteiger charge is -2.32. The Bertz CT molecular complexity index is 900. The number of esters is 1. The number of hydrogen-bond donors (Lipinski definition) is 1. The van der Waals surface area contributed by atoms with E-state index < -0.39 is 23.5 Å². The van der Waals surface area contributed by atoms with Gasteiger partial charge in [-0.3, -0.25) is 9.59 Å². The third-order valence-corrected chi connectivity index (χ3v) is 6.01. The van der Waals surface area contributed by atoms with Crippen molar-refractivity contribution in [1.29, 1.82) is 5.26 Å². The van der Waals surface area contributed by atoms with Crippen LogP contribution in [0.5, 0.6) is 0 Å². The number of nitriles is 1. The second-order valence-electron chi connectivity index (χ2n) is 7.17. The fraction of sp³-hybridized carbons (Fsp3) is 0.409. The zero-order valence-electron chi connectivity index (χ0n) is 15.9. The van der Waals surface area contributed by atoms with Crippen molar-refractivity contribution >= 4 is 34.4 Å². The van der Waals surface area contributed by atoms with Crippen molar-refractivity contribution in [3.63, 3.8) is 0 Å². The summed E-state index contributed by atoms with van der Waals surface area (Å²) in [4.78, 5) is 25.5. The van der Waals surface area contributed by atoms with Gasteiger partial charge in [0, 0.05) is 4.90 Å². The minimum atomic E-state index is -0.920. The van der Waals surface area contributed by atoms with Crippen molar-refractivity contribution in [2.45, 2.75) is 55.6 Å². The van der Waals surface area contributed by atoms with Crippen molar-refractivity contribution in [1.82, 2.24) is 5.32 Å². The van der Waals surface area contributed by atoms with Crippen molar-refractivity contribution in [2.75, 3.05) is 5.75 Å². The van der Waals surface area contributed by atoms with E-state index in [0.717, 1.165) is 34.9 Å². The predicted molar refractivity (Wildman–Crippen MR) is 110 cm³/mol. The quantitative estimate of drug-likeness (QED) is 0.585. The van der Waals surface area contributed by atoms with E-state index in [2.05, 4.69) is 11.4 Å². The summed E-state index contributed by atoms with van der Waals surface area (Å²) >= 11 is 1.38. The molecule has 0 radical (unpaired) electrons. The van der Waals surface area contributed by atoms with E-state index in [9.17, 15) is 14.9 Å². The van der Waals surface area contributed by atoms with Crippen LogP contribution in [0.3, 0.4) is 0 Å². The number of fused-ring (bicyclic) bond motifs is 1. The number of nitrogens with zero attached hydrogens (tertiary/aromatic N) is 1. The molecule has 1 amide bonds. The Labute approximate surface area is 169 Å². The minimum absolute atomic E-state index is 0.124. The number of carbonyl (C=O) groups excluding carboxylic acids is 2. The summed E-state index contributed by atoms with van der Waals surface area (Å²) in [5.74, 6) is -0.734. The molecule has 0 unspecified atom stereocenters. The lowest BCUT2D eigenvalue weighted by Crippen LogP contribution is -2.52. The molecule has 0 heterocycles. The summed E-state index contributed by atoms with van der Waals surface area (Å²) in [5.41, 5.74) is -0.824. The van der Waals surface area contributed by atoms with Crippen LogP contribution in [0.25, 0.3) is 10.8 Å². The molecule has 3 rings (SSSR count). The summed E-state index contributed by atoms with van der Waals surface area (Å²) in [5, 5.41) is 14.5. The number of nitrogens with one attached hydrogen (secondary N) is 1. The molecule has 0 aromatic heterocycles. The highest BCUT2D eigenvalue weighted by molar-refractivity contribution is 8.00. The third kappa shape index (κ3) is 5.05. The number of carbonyl (C=O) groups is 2. The van der Waals surface area contributed by atoms with Gasteiger partial charge in [0.05, 0.1) is 11.8 Å². The molecule has 0 spiro atoms. The summed E-state index contributed by atoms with van der Waals surface area (Å²) in [6, 6.07) is 16.3. The van der Waals surface area contributed by atoms with E-state index >= 15 is 0 Å². The molecule has 0 aliphatic heterocycles. The third-order valence-electron chi connectivity index (χ3n) is 5.04. The Morgan fingerprint density at radius 3 is 2.61 bits per heavy atom. The number of hydrogen-bond acceptors (Lipinski definition) is 5. The van der Waals surface area contributed by atoms with Crippen LogP contribution in [-0.2, 0) is 14.3 Å². The lowest BCUT2D eigenvalue weighted by atomic mass is 9.83. The molecule has 2 aromatic carbocycles. The van der Waals surface area contributed by atoms with Gasteiger partial charge in [-0.2, -0.15) is 5.26 Å². The summed E-state index contributed by atoms with van der Waals surface area (Å²) in [6.07, 6.45) is 3.29. The highest BCUT2D eigenvalue weighted by Crippen LogP contribution is 2.28. The maximum Gasteiger partial charge on any atom is 0.317 e. The normalized spacial score (nSPS) is 16.7. The summed E-state index contributed by atoms with van der Waals surface area (Å²) in [7, 11) is 0. The minimum Gasteiger partial charge on any atom is -0.452 e. The first kappa shape index (κ1) is 20.2. The van der Waals surface area contributed by atoms with E-state index in [1.807, 2.05) is 42.5 Å². The van der Waals surface area contributed by atoms with Crippen LogP contribution in [0.1, 0.15) is 39.0 Å². The molecule has 0 bridgehead atoms. The van der Waals surface area contributed by atoms with Gasteiger partial charge in [0.25, 0.3) is 5.91 Å². The molecule has 1 aliphatic rings. The molecule has 1 aliphatic carbocycles. The molecule has 1 saturated carbocycles. The SMILES string of the molecule is C[C@@H](OC(=O)CSc1ccc2ccccc2c1)C(=O)NC1(C#N)CCCCC1. The van der Waals surface area contributed by atoms with Gasteiger partial charge in [-0.05, 0) is 42.7 Å². The molecule has 1 atom stereocenters. The number of rotatable bonds is 6. The molecule has 1 N–H and O–H groups in total. The molecule has 2 aromatic rings. The molecule has 0 saturated heterocycles. The standard InChI is InChI=1S/C22H24N2O3S/c1-16(21(26)24-22(15-23)11-5-2-6-12-22)27-20(25)14-28-19-10-9-17-7-3-4-8-18(17)13-19/h3-4,7-10,13,16H,2,5-6,11-12,14H2,1H3,(H,24,26)/t16-/m1/s1. The Morgan fingerprint density at radius 1 is 1.18 bits per heavy atom. The topological polar surface area (TPSA) is 79.2 Å². The Kier molecular flexibility index (Phi) is 6.58. The zero-order chi connectivity index (χ0) is 20.0. The van der Waals surface area contributed by atoms with Crippen LogP contribution >= 0.6 is 11.8 Å². The van der Waals surface area contributed by atoms with Gasteiger partial charge >= 0.3 is 5.97 Å². The van der Waals surface area contributed by atoms with Crippen molar-refractivity contribution in [3.05, 3.63) is 42.5 Å². The van der Waals surface area contributed by atoms with Gasteiger partial charge in [-0.1, -0.05) is 49.6 Å². The molecule has 28 heavy (non-hydrogen) atoms. The van der Waals surface area contributed by atoms with Gasteiger partial charge in [-0.25, -0.2) is 0 Å². The van der Waals surface area contributed by atoms with E-state index in [4.69, 9.17) is 4.74 Å². The van der Waals surface area contributed by atoms with Crippen LogP contribution in [0, 0.1) is 11.3 Å². The second kappa shape index (κ2) is 9.11. The van der Waals surface area contributed by atoms with Crippen molar-refractivity contribution in [3.8, 4) is 6.07 Å². The van der Waals surface area contributed by atoms with Gasteiger partial charge in [0.15, 0.2) is 6.10 Å². The Balaban J connectivity index is 1.50. The van der Waals surface area contributed by atoms with E-state index in [1.54, 1.807) is 6.92 Å². The molecule has 1 fully saturated rings. The van der Waals surface area contributed by atoms with Gasteiger partial charge in [0.2, 0.25) is 0 Å². The number of benzene rings is 2. The summed E-state index contributed by atoms with van der Waals surface area (Å²) in [6.45, 7) is 1.54. The zero-order valence-corrected chi connectivity index (χ0v) is 16.8. The number of amides is 1. The van der Waals surface area contributed by atoms with E-state index in [1.165, 1.54) is 11.8 Å². The smallest absolute Gasteiger partial charge is 0.317 e. The molecular weight excluding hydrogens is 372 g/mol. The average Bonchev–Trinajstić information content (AvgIpc) is 2.72. The Hall–Kier alpha value is -2.52. The monoisotopic (exact) mass is 396 g/mol. The fourth-order valence-electron chi connectivity index (χ4n) is 3.44. The lowest BCUT2D eigenvalue weighted by molar-refractivity contribution is -0.152. The summed E-state index contributed by atoms with van der Waals surface area (Å²) < 4.78 is 5.27. The molecular formula is C22H24N2O3S. The Morgan fingerprint density at radius 2 is 1.89 bits per heavy atom. The number of thioether (sulfide) groups is 1. The van der Waals surface area contributed by atoms with Crippen LogP contribution in [0.4, 0.5) is 0 Å². The maximum absolute atomic E-state index is 12.4. The molecule has 6 heteroatoms. The van der Waals surface area contributed by atoms with E-state index in [-0.39, 0.29) is 5.75 Å². The van der Waals surface area contributed by atoms with E-state index in [0.29, 0.717) is 12.8 Å². The van der Waals surface area contributed by atoms with Crippen LogP contribution in [0.2, 0.25) is 0 Å². The largest absolute Gasteiger partial charge is 0.452 e. The predicted octanol–water partition coefficient (Wildman–Crippen LogP) is 4.21. The van der Waals surface area contributed by atoms with Gasteiger partial charge in [-0.15, -0.1) is 11.8 Å². The first-order chi connectivity index (χ1) is 13.5. The van der Waals surface area contributed by atoms with Crippen molar-refractivity contribution in [2.24, 2.45) is 0 Å². The second-order valence-corrected chi connectivity index (χ2v) is 8.22. The fourth-order valence-corrected chi connectivity index (χ4v) is 4.17. The van der Waals surface area contributed by atoms with Crippen LogP contribution in [-0.4, -0.2) is 29.3 Å². The van der Waals surface area contributed by atoms with Gasteiger partial charge in [0.1, 0.15) is 5.54 Å². The maximum atomic E-state index is 12.4. The van der Waals surface area contributed by atoms with Crippen LogP contribution < -0.4 is 5.32 Å². The van der Waals surface area contributed by atoms with Crippen molar-refractivity contribution < 1.29 is 14.3 Å². The highest BCUT2D eigenvalue weighted by Gasteiger charge is 2.35. The first-order valence-electron chi connectivity index (χ1n) is 9.56.